The van der Waals surface area contributed by atoms with Crippen LogP contribution in [-0.2, 0) is 0 Å². The maximum absolute atomic E-state index is 6.01. The van der Waals surface area contributed by atoms with Gasteiger partial charge in [0.1, 0.15) is 11.6 Å². The molecular weight excluding hydrogens is 326 g/mol. The van der Waals surface area contributed by atoms with E-state index in [-0.39, 0.29) is 0 Å². The Labute approximate surface area is 154 Å². The van der Waals surface area contributed by atoms with Crippen LogP contribution in [0.4, 0.5) is 23.3 Å². The predicted molar refractivity (Wildman–Crippen MR) is 106 cm³/mol. The third-order valence-corrected chi connectivity index (χ3v) is 5.21. The van der Waals surface area contributed by atoms with Crippen molar-refractivity contribution < 1.29 is 0 Å². The van der Waals surface area contributed by atoms with Gasteiger partial charge in [-0.15, -0.1) is 0 Å². The number of aryl methyl sites for hydroxylation is 1. The van der Waals surface area contributed by atoms with Crippen molar-refractivity contribution in [3.8, 4) is 0 Å². The quantitative estimate of drug-likeness (QED) is 0.905. The van der Waals surface area contributed by atoms with Crippen molar-refractivity contribution in [3.05, 3.63) is 30.1 Å². The summed E-state index contributed by atoms with van der Waals surface area (Å²) in [5.41, 5.74) is 8.32. The molecular formula is C19H27N7. The number of hydrogen-bond donors (Lipinski definition) is 1. The summed E-state index contributed by atoms with van der Waals surface area (Å²) in [6, 6.07) is 6.36. The molecule has 0 aliphatic carbocycles. The second-order valence-corrected chi connectivity index (χ2v) is 7.12. The Morgan fingerprint density at radius 3 is 2.15 bits per heavy atom. The van der Waals surface area contributed by atoms with Crippen molar-refractivity contribution in [2.75, 3.05) is 59.7 Å². The van der Waals surface area contributed by atoms with Crippen LogP contribution in [0.1, 0.15) is 25.0 Å². The first kappa shape index (κ1) is 16.9. The van der Waals surface area contributed by atoms with Crippen molar-refractivity contribution in [2.24, 2.45) is 0 Å². The molecule has 4 rings (SSSR count). The molecule has 2 aliphatic rings. The zero-order valence-corrected chi connectivity index (χ0v) is 15.4. The van der Waals surface area contributed by atoms with Gasteiger partial charge in [-0.3, -0.25) is 4.98 Å². The molecule has 138 valence electrons. The average Bonchev–Trinajstić information content (AvgIpc) is 3.06. The molecule has 26 heavy (non-hydrogen) atoms. The van der Waals surface area contributed by atoms with E-state index in [1.807, 2.05) is 13.1 Å². The molecule has 2 saturated heterocycles. The van der Waals surface area contributed by atoms with Gasteiger partial charge in [-0.1, -0.05) is 0 Å². The molecule has 0 atom stereocenters. The van der Waals surface area contributed by atoms with Gasteiger partial charge in [0.2, 0.25) is 5.95 Å². The van der Waals surface area contributed by atoms with Gasteiger partial charge < -0.3 is 20.4 Å². The van der Waals surface area contributed by atoms with Gasteiger partial charge in [-0.25, -0.2) is 0 Å². The summed E-state index contributed by atoms with van der Waals surface area (Å²) < 4.78 is 0. The van der Waals surface area contributed by atoms with E-state index in [0.29, 0.717) is 5.95 Å². The SMILES string of the molecule is Cc1cc(N2CCCN(c3cc(N4CCCC4)nc(N)n3)CC2)ccn1. The zero-order chi connectivity index (χ0) is 17.9. The minimum Gasteiger partial charge on any atom is -0.370 e. The number of nitrogens with zero attached hydrogens (tertiary/aromatic N) is 6. The fourth-order valence-electron chi connectivity index (χ4n) is 3.84. The first-order valence-electron chi connectivity index (χ1n) is 9.51. The summed E-state index contributed by atoms with van der Waals surface area (Å²) in [6.07, 6.45) is 5.43. The molecule has 7 heteroatoms. The molecule has 0 saturated carbocycles. The van der Waals surface area contributed by atoms with Crippen molar-refractivity contribution in [1.29, 1.82) is 0 Å². The Bertz CT molecular complexity index is 757. The van der Waals surface area contributed by atoms with E-state index in [1.54, 1.807) is 0 Å². The predicted octanol–water partition coefficient (Wildman–Crippen LogP) is 2.08. The minimum absolute atomic E-state index is 0.371. The maximum atomic E-state index is 6.01. The smallest absolute Gasteiger partial charge is 0.223 e. The average molecular weight is 353 g/mol. The molecule has 4 heterocycles. The molecule has 2 aromatic rings. The second-order valence-electron chi connectivity index (χ2n) is 7.12. The van der Waals surface area contributed by atoms with Crippen LogP contribution in [0, 0.1) is 6.92 Å². The minimum atomic E-state index is 0.371. The Balaban J connectivity index is 1.50. The Hall–Kier alpha value is -2.57. The number of aromatic nitrogens is 3. The normalized spacial score (nSPS) is 18.3. The third-order valence-electron chi connectivity index (χ3n) is 5.21. The van der Waals surface area contributed by atoms with Crippen LogP contribution in [0.3, 0.4) is 0 Å². The highest BCUT2D eigenvalue weighted by Gasteiger charge is 2.20. The lowest BCUT2D eigenvalue weighted by atomic mass is 10.3. The van der Waals surface area contributed by atoms with Crippen LogP contribution in [0.15, 0.2) is 24.4 Å². The lowest BCUT2D eigenvalue weighted by Gasteiger charge is -2.25. The highest BCUT2D eigenvalue weighted by atomic mass is 15.3. The number of nitrogens with two attached hydrogens (primary N) is 1. The summed E-state index contributed by atoms with van der Waals surface area (Å²) in [7, 11) is 0. The number of pyridine rings is 1. The number of anilines is 4. The molecule has 0 bridgehead atoms. The van der Waals surface area contributed by atoms with Crippen LogP contribution < -0.4 is 20.4 Å². The lowest BCUT2D eigenvalue weighted by molar-refractivity contribution is 0.794. The molecule has 2 N–H and O–H groups in total. The van der Waals surface area contributed by atoms with Crippen LogP contribution in [0.5, 0.6) is 0 Å². The molecule has 0 aromatic carbocycles. The molecule has 0 unspecified atom stereocenters. The van der Waals surface area contributed by atoms with E-state index in [1.165, 1.54) is 18.5 Å². The highest BCUT2D eigenvalue weighted by molar-refractivity contribution is 5.55. The molecule has 0 radical (unpaired) electrons. The van der Waals surface area contributed by atoms with E-state index < -0.39 is 0 Å². The van der Waals surface area contributed by atoms with E-state index in [4.69, 9.17) is 5.73 Å². The van der Waals surface area contributed by atoms with E-state index in [0.717, 1.165) is 63.0 Å². The first-order valence-corrected chi connectivity index (χ1v) is 9.51. The standard InChI is InChI=1S/C19H27N7/c1-15-13-16(5-6-21-15)24-9-4-10-26(12-11-24)18-14-17(22-19(20)23-18)25-7-2-3-8-25/h5-6,13-14H,2-4,7-12H2,1H3,(H2,20,22,23). The summed E-state index contributed by atoms with van der Waals surface area (Å²) in [5.74, 6) is 2.29. The van der Waals surface area contributed by atoms with Crippen molar-refractivity contribution in [2.45, 2.75) is 26.2 Å². The van der Waals surface area contributed by atoms with Gasteiger partial charge in [0.25, 0.3) is 0 Å². The van der Waals surface area contributed by atoms with Gasteiger partial charge >= 0.3 is 0 Å². The molecule has 7 nitrogen and oxygen atoms in total. The van der Waals surface area contributed by atoms with Crippen LogP contribution in [0.2, 0.25) is 0 Å². The molecule has 2 aromatic heterocycles. The van der Waals surface area contributed by atoms with Crippen LogP contribution in [0.25, 0.3) is 0 Å². The van der Waals surface area contributed by atoms with Gasteiger partial charge in [0.05, 0.1) is 0 Å². The van der Waals surface area contributed by atoms with E-state index in [9.17, 15) is 0 Å². The first-order chi connectivity index (χ1) is 12.7. The Kier molecular flexibility index (Phi) is 4.77. The largest absolute Gasteiger partial charge is 0.370 e. The summed E-state index contributed by atoms with van der Waals surface area (Å²) in [6.45, 7) is 8.08. The fourth-order valence-corrected chi connectivity index (χ4v) is 3.84. The fraction of sp³-hybridized carbons (Fsp3) is 0.526. The number of nitrogen functional groups attached to an aromatic ring is 1. The lowest BCUT2D eigenvalue weighted by Crippen LogP contribution is -2.31. The highest BCUT2D eigenvalue weighted by Crippen LogP contribution is 2.25. The summed E-state index contributed by atoms with van der Waals surface area (Å²) >= 11 is 0. The van der Waals surface area contributed by atoms with Gasteiger partial charge in [-0.2, -0.15) is 9.97 Å². The Morgan fingerprint density at radius 2 is 1.42 bits per heavy atom. The maximum Gasteiger partial charge on any atom is 0.223 e. The molecule has 0 spiro atoms. The van der Waals surface area contributed by atoms with Crippen molar-refractivity contribution in [3.63, 3.8) is 0 Å². The van der Waals surface area contributed by atoms with Gasteiger partial charge in [0, 0.05) is 62.9 Å². The molecule has 2 fully saturated rings. The molecule has 0 amide bonds. The monoisotopic (exact) mass is 353 g/mol. The Morgan fingerprint density at radius 1 is 0.808 bits per heavy atom. The topological polar surface area (TPSA) is 74.4 Å². The second kappa shape index (κ2) is 7.35. The summed E-state index contributed by atoms with van der Waals surface area (Å²) in [5, 5.41) is 0. The van der Waals surface area contributed by atoms with Gasteiger partial charge in [0.15, 0.2) is 0 Å². The number of hydrogen-bond acceptors (Lipinski definition) is 7. The van der Waals surface area contributed by atoms with Crippen molar-refractivity contribution >= 4 is 23.3 Å². The van der Waals surface area contributed by atoms with Gasteiger partial charge in [-0.05, 0) is 38.3 Å². The van der Waals surface area contributed by atoms with E-state index in [2.05, 4.69) is 47.9 Å². The molecule has 2 aliphatic heterocycles. The zero-order valence-electron chi connectivity index (χ0n) is 15.4. The third kappa shape index (κ3) is 3.66. The van der Waals surface area contributed by atoms with Crippen LogP contribution in [-0.4, -0.2) is 54.2 Å². The van der Waals surface area contributed by atoms with E-state index >= 15 is 0 Å². The number of rotatable bonds is 3. The van der Waals surface area contributed by atoms with Crippen LogP contribution >= 0.6 is 0 Å². The van der Waals surface area contributed by atoms with Crippen molar-refractivity contribution in [1.82, 2.24) is 15.0 Å². The summed E-state index contributed by atoms with van der Waals surface area (Å²) in [4.78, 5) is 20.4.